The van der Waals surface area contributed by atoms with Gasteiger partial charge in [-0.1, -0.05) is 0 Å². The second-order valence-electron chi connectivity index (χ2n) is 3.28. The van der Waals surface area contributed by atoms with Crippen LogP contribution in [0.2, 0.25) is 0 Å². The number of aliphatic carboxylic acids is 1. The summed E-state index contributed by atoms with van der Waals surface area (Å²) in [4.78, 5) is 33.6. The lowest BCUT2D eigenvalue weighted by molar-refractivity contribution is -0.146. The van der Waals surface area contributed by atoms with Crippen molar-refractivity contribution in [2.75, 3.05) is 6.54 Å². The molecular weight excluding hydrogens is 205 g/mol. The molecule has 1 heterocycles. The van der Waals surface area contributed by atoms with E-state index in [4.69, 9.17) is 5.11 Å². The SMILES string of the molecule is CC1=C(C)C(=O)N(CC(F)C(=O)O)C1=O. The van der Waals surface area contributed by atoms with Gasteiger partial charge >= 0.3 is 5.97 Å². The van der Waals surface area contributed by atoms with Gasteiger partial charge in [0.1, 0.15) is 0 Å². The molecule has 1 atom stereocenters. The van der Waals surface area contributed by atoms with Gasteiger partial charge < -0.3 is 5.11 Å². The molecule has 0 aromatic rings. The van der Waals surface area contributed by atoms with Crippen LogP contribution >= 0.6 is 0 Å². The Kier molecular flexibility index (Phi) is 2.88. The molecule has 0 aromatic heterocycles. The summed E-state index contributed by atoms with van der Waals surface area (Å²) < 4.78 is 12.8. The van der Waals surface area contributed by atoms with Crippen molar-refractivity contribution in [3.05, 3.63) is 11.1 Å². The maximum atomic E-state index is 12.8. The molecule has 0 spiro atoms. The number of rotatable bonds is 3. The van der Waals surface area contributed by atoms with Gasteiger partial charge in [0.05, 0.1) is 6.54 Å². The fourth-order valence-electron chi connectivity index (χ4n) is 1.22. The summed E-state index contributed by atoms with van der Waals surface area (Å²) in [7, 11) is 0. The van der Waals surface area contributed by atoms with Gasteiger partial charge in [-0.2, -0.15) is 0 Å². The van der Waals surface area contributed by atoms with Crippen LogP contribution in [-0.4, -0.2) is 40.5 Å². The van der Waals surface area contributed by atoms with Crippen LogP contribution in [0.4, 0.5) is 4.39 Å². The number of nitrogens with zero attached hydrogens (tertiary/aromatic N) is 1. The summed E-state index contributed by atoms with van der Waals surface area (Å²) in [6.45, 7) is 2.16. The van der Waals surface area contributed by atoms with Gasteiger partial charge in [-0.3, -0.25) is 14.5 Å². The van der Waals surface area contributed by atoms with E-state index >= 15 is 0 Å². The number of imide groups is 1. The van der Waals surface area contributed by atoms with Gasteiger partial charge in [0, 0.05) is 11.1 Å². The first-order chi connectivity index (χ1) is 6.86. The Morgan fingerprint density at radius 2 is 1.73 bits per heavy atom. The van der Waals surface area contributed by atoms with Crippen molar-refractivity contribution in [3.8, 4) is 0 Å². The number of amides is 2. The van der Waals surface area contributed by atoms with E-state index in [-0.39, 0.29) is 11.1 Å². The number of hydrogen-bond acceptors (Lipinski definition) is 3. The number of carbonyl (C=O) groups is 3. The lowest BCUT2D eigenvalue weighted by Crippen LogP contribution is -2.39. The average molecular weight is 215 g/mol. The minimum Gasteiger partial charge on any atom is -0.479 e. The Morgan fingerprint density at radius 3 is 2.07 bits per heavy atom. The van der Waals surface area contributed by atoms with Crippen LogP contribution in [0.5, 0.6) is 0 Å². The highest BCUT2D eigenvalue weighted by Crippen LogP contribution is 2.20. The molecule has 0 saturated carbocycles. The van der Waals surface area contributed by atoms with E-state index in [2.05, 4.69) is 0 Å². The maximum absolute atomic E-state index is 12.8. The zero-order valence-corrected chi connectivity index (χ0v) is 8.28. The highest BCUT2D eigenvalue weighted by molar-refractivity contribution is 6.18. The summed E-state index contributed by atoms with van der Waals surface area (Å²) in [5, 5.41) is 8.31. The standard InChI is InChI=1S/C9H10FNO4/c1-4-5(2)8(13)11(7(4)12)3-6(10)9(14)15/h6H,3H2,1-2H3,(H,14,15). The zero-order valence-electron chi connectivity index (χ0n) is 8.28. The molecule has 15 heavy (non-hydrogen) atoms. The minimum atomic E-state index is -2.24. The smallest absolute Gasteiger partial charge is 0.340 e. The molecule has 6 heteroatoms. The normalized spacial score (nSPS) is 18.7. The second kappa shape index (κ2) is 3.80. The largest absolute Gasteiger partial charge is 0.479 e. The molecule has 0 aliphatic carbocycles. The van der Waals surface area contributed by atoms with E-state index in [0.29, 0.717) is 4.90 Å². The molecule has 1 rings (SSSR count). The number of alkyl halides is 1. The molecule has 1 N–H and O–H groups in total. The van der Waals surface area contributed by atoms with Gasteiger partial charge in [-0.25, -0.2) is 9.18 Å². The topological polar surface area (TPSA) is 74.7 Å². The van der Waals surface area contributed by atoms with Crippen molar-refractivity contribution in [3.63, 3.8) is 0 Å². The van der Waals surface area contributed by atoms with Crippen molar-refractivity contribution < 1.29 is 23.9 Å². The van der Waals surface area contributed by atoms with Gasteiger partial charge in [0.15, 0.2) is 0 Å². The quantitative estimate of drug-likeness (QED) is 0.678. The van der Waals surface area contributed by atoms with E-state index in [1.165, 1.54) is 13.8 Å². The Morgan fingerprint density at radius 1 is 1.33 bits per heavy atom. The Bertz CT molecular complexity index is 350. The van der Waals surface area contributed by atoms with Crippen LogP contribution in [0.3, 0.4) is 0 Å². The zero-order chi connectivity index (χ0) is 11.7. The van der Waals surface area contributed by atoms with Crippen molar-refractivity contribution in [1.29, 1.82) is 0 Å². The van der Waals surface area contributed by atoms with Crippen LogP contribution in [0.15, 0.2) is 11.1 Å². The molecule has 0 bridgehead atoms. The number of hydrogen-bond donors (Lipinski definition) is 1. The second-order valence-corrected chi connectivity index (χ2v) is 3.28. The summed E-state index contributed by atoms with van der Waals surface area (Å²) in [6.07, 6.45) is -2.24. The highest BCUT2D eigenvalue weighted by atomic mass is 19.1. The molecule has 0 radical (unpaired) electrons. The van der Waals surface area contributed by atoms with Crippen LogP contribution in [0.25, 0.3) is 0 Å². The van der Waals surface area contributed by atoms with E-state index < -0.39 is 30.5 Å². The van der Waals surface area contributed by atoms with Gasteiger partial charge in [-0.15, -0.1) is 0 Å². The number of carboxylic acid groups (broad SMARTS) is 1. The third-order valence-corrected chi connectivity index (χ3v) is 2.31. The number of carboxylic acids is 1. The first-order valence-corrected chi connectivity index (χ1v) is 4.26. The monoisotopic (exact) mass is 215 g/mol. The van der Waals surface area contributed by atoms with Crippen LogP contribution in [0, 0.1) is 0 Å². The first-order valence-electron chi connectivity index (χ1n) is 4.26. The van der Waals surface area contributed by atoms with Crippen LogP contribution in [-0.2, 0) is 14.4 Å². The van der Waals surface area contributed by atoms with Crippen molar-refractivity contribution in [2.24, 2.45) is 0 Å². The molecule has 0 fully saturated rings. The Labute approximate surface area is 85.2 Å². The first kappa shape index (κ1) is 11.4. The van der Waals surface area contributed by atoms with E-state index in [1.807, 2.05) is 0 Å². The molecule has 1 aliphatic heterocycles. The molecule has 1 unspecified atom stereocenters. The number of halogens is 1. The van der Waals surface area contributed by atoms with Crippen molar-refractivity contribution >= 4 is 17.8 Å². The Balaban J connectivity index is 2.81. The van der Waals surface area contributed by atoms with Crippen LogP contribution < -0.4 is 0 Å². The third kappa shape index (κ3) is 1.88. The molecule has 2 amide bonds. The predicted octanol–water partition coefficient (Wildman–Crippen LogP) is 0.114. The minimum absolute atomic E-state index is 0.234. The molecule has 0 saturated heterocycles. The molecular formula is C9H10FNO4. The lowest BCUT2D eigenvalue weighted by atomic mass is 10.2. The number of carbonyl (C=O) groups excluding carboxylic acids is 2. The van der Waals surface area contributed by atoms with Crippen molar-refractivity contribution in [1.82, 2.24) is 4.90 Å². The Hall–Kier alpha value is -1.72. The summed E-state index contributed by atoms with van der Waals surface area (Å²) in [5.41, 5.74) is 0.468. The predicted molar refractivity (Wildman–Crippen MR) is 47.6 cm³/mol. The van der Waals surface area contributed by atoms with E-state index in [1.54, 1.807) is 0 Å². The van der Waals surface area contributed by atoms with E-state index in [9.17, 15) is 18.8 Å². The maximum Gasteiger partial charge on any atom is 0.340 e. The average Bonchev–Trinajstić information content (AvgIpc) is 2.35. The summed E-state index contributed by atoms with van der Waals surface area (Å²) >= 11 is 0. The fourth-order valence-corrected chi connectivity index (χ4v) is 1.22. The molecule has 5 nitrogen and oxygen atoms in total. The van der Waals surface area contributed by atoms with Crippen molar-refractivity contribution in [2.45, 2.75) is 20.0 Å². The van der Waals surface area contributed by atoms with Gasteiger partial charge in [0.2, 0.25) is 6.17 Å². The highest BCUT2D eigenvalue weighted by Gasteiger charge is 2.36. The molecule has 0 aromatic carbocycles. The molecule has 82 valence electrons. The van der Waals surface area contributed by atoms with E-state index in [0.717, 1.165) is 0 Å². The third-order valence-electron chi connectivity index (χ3n) is 2.31. The lowest BCUT2D eigenvalue weighted by Gasteiger charge is -2.15. The summed E-state index contributed by atoms with van der Waals surface area (Å²) in [6, 6.07) is 0. The summed E-state index contributed by atoms with van der Waals surface area (Å²) in [5.74, 6) is -2.93. The fraction of sp³-hybridized carbons (Fsp3) is 0.444. The van der Waals surface area contributed by atoms with Crippen LogP contribution in [0.1, 0.15) is 13.8 Å². The van der Waals surface area contributed by atoms with Gasteiger partial charge in [0.25, 0.3) is 11.8 Å². The molecule has 1 aliphatic rings. The van der Waals surface area contributed by atoms with Gasteiger partial charge in [-0.05, 0) is 13.8 Å².